The van der Waals surface area contributed by atoms with Crippen LogP contribution < -0.4 is 15.4 Å². The lowest BCUT2D eigenvalue weighted by atomic mass is 10.2. The Kier molecular flexibility index (Phi) is 7.98. The van der Waals surface area contributed by atoms with Crippen LogP contribution in [0.3, 0.4) is 0 Å². The standard InChI is InChI=1S/C19H22ClN3O4S/c1-2-10-21-18(24)13-22-19(25)15-8-9-16(20)17(11-15)28(26,27)23-12-14-6-4-3-5-7-14/h3-9,11,23H,2,10,12-13H2,1H3,(H,21,24)(H,22,25). The van der Waals surface area contributed by atoms with Crippen molar-refractivity contribution >= 4 is 33.4 Å². The summed E-state index contributed by atoms with van der Waals surface area (Å²) in [5, 5.41) is 5.09. The molecule has 2 rings (SSSR count). The zero-order chi connectivity index (χ0) is 20.6. The molecule has 0 aliphatic rings. The fourth-order valence-corrected chi connectivity index (χ4v) is 3.83. The number of benzene rings is 2. The van der Waals surface area contributed by atoms with Gasteiger partial charge in [0.25, 0.3) is 5.91 Å². The molecule has 0 saturated carbocycles. The predicted octanol–water partition coefficient (Wildman–Crippen LogP) is 2.07. The highest BCUT2D eigenvalue weighted by atomic mass is 35.5. The first-order chi connectivity index (χ1) is 13.3. The molecule has 0 unspecified atom stereocenters. The van der Waals surface area contributed by atoms with Gasteiger partial charge in [-0.3, -0.25) is 9.59 Å². The van der Waals surface area contributed by atoms with Gasteiger partial charge < -0.3 is 10.6 Å². The molecule has 28 heavy (non-hydrogen) atoms. The molecule has 0 aliphatic carbocycles. The van der Waals surface area contributed by atoms with E-state index in [1.807, 2.05) is 13.0 Å². The van der Waals surface area contributed by atoms with Gasteiger partial charge in [0.2, 0.25) is 15.9 Å². The van der Waals surface area contributed by atoms with Gasteiger partial charge in [0.05, 0.1) is 11.6 Å². The summed E-state index contributed by atoms with van der Waals surface area (Å²) in [6.45, 7) is 2.33. The predicted molar refractivity (Wildman–Crippen MR) is 108 cm³/mol. The van der Waals surface area contributed by atoms with Crippen LogP contribution >= 0.6 is 11.6 Å². The second-order valence-electron chi connectivity index (χ2n) is 5.99. The third-order valence-corrected chi connectivity index (χ3v) is 5.66. The van der Waals surface area contributed by atoms with E-state index in [9.17, 15) is 18.0 Å². The summed E-state index contributed by atoms with van der Waals surface area (Å²) >= 11 is 6.04. The Morgan fingerprint density at radius 3 is 2.43 bits per heavy atom. The minimum absolute atomic E-state index is 0.00204. The normalized spacial score (nSPS) is 11.1. The zero-order valence-electron chi connectivity index (χ0n) is 15.4. The number of halogens is 1. The Morgan fingerprint density at radius 2 is 1.75 bits per heavy atom. The molecule has 0 atom stereocenters. The number of amides is 2. The number of nitrogens with one attached hydrogen (secondary N) is 3. The van der Waals surface area contributed by atoms with Gasteiger partial charge in [-0.05, 0) is 30.2 Å². The SMILES string of the molecule is CCCNC(=O)CNC(=O)c1ccc(Cl)c(S(=O)(=O)NCc2ccccc2)c1. The van der Waals surface area contributed by atoms with Gasteiger partial charge in [0.15, 0.2) is 0 Å². The van der Waals surface area contributed by atoms with E-state index in [0.717, 1.165) is 12.0 Å². The number of sulfonamides is 1. The summed E-state index contributed by atoms with van der Waals surface area (Å²) in [6.07, 6.45) is 0.786. The van der Waals surface area contributed by atoms with Crippen LogP contribution in [0, 0.1) is 0 Å². The zero-order valence-corrected chi connectivity index (χ0v) is 16.9. The third kappa shape index (κ3) is 6.33. The summed E-state index contributed by atoms with van der Waals surface area (Å²) in [5.74, 6) is -0.885. The molecule has 2 amide bonds. The van der Waals surface area contributed by atoms with Crippen molar-refractivity contribution in [1.82, 2.24) is 15.4 Å². The Balaban J connectivity index is 2.08. The van der Waals surface area contributed by atoms with E-state index in [4.69, 9.17) is 11.6 Å². The van der Waals surface area contributed by atoms with Crippen LogP contribution in [0.5, 0.6) is 0 Å². The molecule has 0 spiro atoms. The number of hydrogen-bond acceptors (Lipinski definition) is 4. The van der Waals surface area contributed by atoms with Crippen molar-refractivity contribution in [2.75, 3.05) is 13.1 Å². The molecule has 0 aromatic heterocycles. The highest BCUT2D eigenvalue weighted by Gasteiger charge is 2.20. The minimum atomic E-state index is -3.93. The van der Waals surface area contributed by atoms with Crippen LogP contribution in [0.2, 0.25) is 5.02 Å². The third-order valence-electron chi connectivity index (χ3n) is 3.77. The summed E-state index contributed by atoms with van der Waals surface area (Å²) in [6, 6.07) is 12.9. The maximum absolute atomic E-state index is 12.6. The minimum Gasteiger partial charge on any atom is -0.355 e. The molecule has 150 valence electrons. The van der Waals surface area contributed by atoms with Gasteiger partial charge in [-0.2, -0.15) is 0 Å². The molecule has 0 bridgehead atoms. The van der Waals surface area contributed by atoms with E-state index >= 15 is 0 Å². The van der Waals surface area contributed by atoms with E-state index in [2.05, 4.69) is 15.4 Å². The van der Waals surface area contributed by atoms with E-state index in [1.54, 1.807) is 24.3 Å². The maximum Gasteiger partial charge on any atom is 0.251 e. The monoisotopic (exact) mass is 423 g/mol. The Labute approximate surface area is 169 Å². The highest BCUT2D eigenvalue weighted by Crippen LogP contribution is 2.23. The van der Waals surface area contributed by atoms with Crippen molar-refractivity contribution < 1.29 is 18.0 Å². The summed E-state index contributed by atoms with van der Waals surface area (Å²) in [4.78, 5) is 23.6. The Morgan fingerprint density at radius 1 is 1.04 bits per heavy atom. The molecule has 2 aromatic rings. The average Bonchev–Trinajstić information content (AvgIpc) is 2.70. The van der Waals surface area contributed by atoms with Gasteiger partial charge in [0, 0.05) is 18.7 Å². The quantitative estimate of drug-likeness (QED) is 0.574. The van der Waals surface area contributed by atoms with E-state index in [-0.39, 0.29) is 34.5 Å². The van der Waals surface area contributed by atoms with E-state index in [0.29, 0.717) is 6.54 Å². The topological polar surface area (TPSA) is 104 Å². The maximum atomic E-state index is 12.6. The molecule has 0 fully saturated rings. The van der Waals surface area contributed by atoms with E-state index < -0.39 is 15.9 Å². The second-order valence-corrected chi connectivity index (χ2v) is 8.13. The van der Waals surface area contributed by atoms with E-state index in [1.165, 1.54) is 18.2 Å². The van der Waals surface area contributed by atoms with Crippen molar-refractivity contribution in [3.05, 3.63) is 64.7 Å². The summed E-state index contributed by atoms with van der Waals surface area (Å²) in [5.41, 5.74) is 0.877. The van der Waals surface area contributed by atoms with Crippen LogP contribution in [0.4, 0.5) is 0 Å². The van der Waals surface area contributed by atoms with Crippen LogP contribution in [-0.2, 0) is 21.4 Å². The van der Waals surface area contributed by atoms with Crippen molar-refractivity contribution in [3.8, 4) is 0 Å². The van der Waals surface area contributed by atoms with Crippen molar-refractivity contribution in [2.24, 2.45) is 0 Å². The van der Waals surface area contributed by atoms with Gasteiger partial charge in [-0.25, -0.2) is 13.1 Å². The molecule has 7 nitrogen and oxygen atoms in total. The van der Waals surface area contributed by atoms with Crippen LogP contribution in [0.15, 0.2) is 53.4 Å². The smallest absolute Gasteiger partial charge is 0.251 e. The highest BCUT2D eigenvalue weighted by molar-refractivity contribution is 7.89. The van der Waals surface area contributed by atoms with Crippen LogP contribution in [-0.4, -0.2) is 33.3 Å². The Hall–Kier alpha value is -2.42. The fourth-order valence-electron chi connectivity index (χ4n) is 2.29. The molecule has 9 heteroatoms. The number of hydrogen-bond donors (Lipinski definition) is 3. The van der Waals surface area contributed by atoms with Gasteiger partial charge in [-0.1, -0.05) is 48.9 Å². The lowest BCUT2D eigenvalue weighted by molar-refractivity contribution is -0.120. The first-order valence-corrected chi connectivity index (χ1v) is 10.6. The molecule has 0 aliphatic heterocycles. The molecular weight excluding hydrogens is 402 g/mol. The van der Waals surface area contributed by atoms with Crippen molar-refractivity contribution in [3.63, 3.8) is 0 Å². The first kappa shape index (κ1) is 21.9. The first-order valence-electron chi connectivity index (χ1n) is 8.71. The molecule has 3 N–H and O–H groups in total. The van der Waals surface area contributed by atoms with Crippen molar-refractivity contribution in [1.29, 1.82) is 0 Å². The lowest BCUT2D eigenvalue weighted by Gasteiger charge is -2.11. The molecule has 2 aromatic carbocycles. The molecule has 0 saturated heterocycles. The van der Waals surface area contributed by atoms with Gasteiger partial charge in [-0.15, -0.1) is 0 Å². The lowest BCUT2D eigenvalue weighted by Crippen LogP contribution is -2.37. The van der Waals surface area contributed by atoms with Gasteiger partial charge >= 0.3 is 0 Å². The largest absolute Gasteiger partial charge is 0.355 e. The van der Waals surface area contributed by atoms with Crippen LogP contribution in [0.25, 0.3) is 0 Å². The average molecular weight is 424 g/mol. The number of carbonyl (C=O) groups is 2. The summed E-state index contributed by atoms with van der Waals surface area (Å²) < 4.78 is 27.7. The molecule has 0 radical (unpaired) electrons. The summed E-state index contributed by atoms with van der Waals surface area (Å²) in [7, 11) is -3.93. The van der Waals surface area contributed by atoms with Crippen molar-refractivity contribution in [2.45, 2.75) is 24.8 Å². The molecular formula is C19H22ClN3O4S. The van der Waals surface area contributed by atoms with Gasteiger partial charge in [0.1, 0.15) is 4.90 Å². The fraction of sp³-hybridized carbons (Fsp3) is 0.263. The Bertz CT molecular complexity index is 933. The number of carbonyl (C=O) groups excluding carboxylic acids is 2. The van der Waals surface area contributed by atoms with Crippen LogP contribution in [0.1, 0.15) is 29.3 Å². The number of rotatable bonds is 9. The molecule has 0 heterocycles. The second kappa shape index (κ2) is 10.2.